The van der Waals surface area contributed by atoms with Gasteiger partial charge in [-0.15, -0.1) is 0 Å². The molecule has 3 rings (SSSR count). The van der Waals surface area contributed by atoms with E-state index in [0.717, 1.165) is 25.7 Å². The van der Waals surface area contributed by atoms with Crippen LogP contribution in [0.1, 0.15) is 41.9 Å². The fourth-order valence-corrected chi connectivity index (χ4v) is 4.28. The van der Waals surface area contributed by atoms with Gasteiger partial charge < -0.3 is 14.3 Å². The zero-order chi connectivity index (χ0) is 16.6. The van der Waals surface area contributed by atoms with E-state index >= 15 is 0 Å². The lowest BCUT2D eigenvalue weighted by molar-refractivity contribution is -0.133. The van der Waals surface area contributed by atoms with Crippen LogP contribution >= 0.6 is 11.8 Å². The summed E-state index contributed by atoms with van der Waals surface area (Å²) in [7, 11) is 1.83. The second-order valence-electron chi connectivity index (χ2n) is 6.48. The first-order valence-electron chi connectivity index (χ1n) is 8.01. The van der Waals surface area contributed by atoms with Crippen LogP contribution in [0, 0.1) is 6.92 Å². The molecule has 23 heavy (non-hydrogen) atoms. The number of fused-ring (bicyclic) bond motifs is 2. The molecule has 1 unspecified atom stereocenters. The highest BCUT2D eigenvalue weighted by atomic mass is 32.2. The molecule has 0 saturated carbocycles. The summed E-state index contributed by atoms with van der Waals surface area (Å²) in [5.74, 6) is 1.32. The molecule has 3 atom stereocenters. The van der Waals surface area contributed by atoms with Gasteiger partial charge in [-0.2, -0.15) is 11.8 Å². The van der Waals surface area contributed by atoms with Gasteiger partial charge in [0.05, 0.1) is 5.75 Å². The van der Waals surface area contributed by atoms with Gasteiger partial charge in [-0.3, -0.25) is 9.59 Å². The van der Waals surface area contributed by atoms with Gasteiger partial charge in [0.25, 0.3) is 5.91 Å². The fraction of sp³-hybridized carbons (Fsp3) is 0.688. The first-order valence-corrected chi connectivity index (χ1v) is 9.41. The molecule has 0 radical (unpaired) electrons. The third-order valence-corrected chi connectivity index (χ3v) is 5.51. The number of amides is 2. The Labute approximate surface area is 140 Å². The van der Waals surface area contributed by atoms with E-state index in [4.69, 9.17) is 4.52 Å². The number of hydrogen-bond acceptors (Lipinski definition) is 5. The monoisotopic (exact) mass is 337 g/mol. The summed E-state index contributed by atoms with van der Waals surface area (Å²) in [6, 6.07) is 2.38. The van der Waals surface area contributed by atoms with E-state index in [0.29, 0.717) is 17.2 Å². The molecule has 2 bridgehead atoms. The standard InChI is InChI=1S/C16H23N3O3S/c1-10-6-14(17-22-10)16(21)18(2)13-7-11-4-5-12(8-13)19(11)15(20)9-23-3/h6,11-13H,4-5,7-9H2,1-3H3/t11-,12+,13?. The Morgan fingerprint density at radius 3 is 2.57 bits per heavy atom. The number of aromatic nitrogens is 1. The van der Waals surface area contributed by atoms with Crippen molar-refractivity contribution in [3.8, 4) is 0 Å². The van der Waals surface area contributed by atoms with Gasteiger partial charge in [-0.25, -0.2) is 0 Å². The number of carbonyl (C=O) groups excluding carboxylic acids is 2. The minimum Gasteiger partial charge on any atom is -0.361 e. The molecule has 2 aliphatic rings. The van der Waals surface area contributed by atoms with Gasteiger partial charge in [0, 0.05) is 31.2 Å². The van der Waals surface area contributed by atoms with Crippen LogP contribution in [0.2, 0.25) is 0 Å². The molecular weight excluding hydrogens is 314 g/mol. The van der Waals surface area contributed by atoms with E-state index in [2.05, 4.69) is 10.1 Å². The number of carbonyl (C=O) groups is 2. The molecule has 6 nitrogen and oxygen atoms in total. The van der Waals surface area contributed by atoms with Crippen LogP contribution < -0.4 is 0 Å². The van der Waals surface area contributed by atoms with Crippen LogP contribution in [0.4, 0.5) is 0 Å². The molecule has 3 heterocycles. The first kappa shape index (κ1) is 16.4. The van der Waals surface area contributed by atoms with Crippen LogP contribution in [0.15, 0.2) is 10.6 Å². The molecule has 0 aliphatic carbocycles. The zero-order valence-corrected chi connectivity index (χ0v) is 14.6. The molecule has 0 N–H and O–H groups in total. The molecule has 2 aliphatic heterocycles. The predicted octanol–water partition coefficient (Wildman–Crippen LogP) is 1.94. The van der Waals surface area contributed by atoms with Crippen molar-refractivity contribution in [2.24, 2.45) is 0 Å². The van der Waals surface area contributed by atoms with Crippen molar-refractivity contribution in [2.45, 2.75) is 50.7 Å². The van der Waals surface area contributed by atoms with Crippen LogP contribution in [-0.2, 0) is 4.79 Å². The van der Waals surface area contributed by atoms with Gasteiger partial charge in [0.15, 0.2) is 5.69 Å². The molecule has 1 aromatic rings. The maximum absolute atomic E-state index is 12.5. The Hall–Kier alpha value is -1.50. The Kier molecular flexibility index (Phi) is 4.66. The molecule has 2 fully saturated rings. The van der Waals surface area contributed by atoms with E-state index in [1.54, 1.807) is 29.7 Å². The van der Waals surface area contributed by atoms with Gasteiger partial charge in [0.2, 0.25) is 5.91 Å². The Morgan fingerprint density at radius 2 is 2.04 bits per heavy atom. The van der Waals surface area contributed by atoms with Crippen molar-refractivity contribution in [1.82, 2.24) is 15.0 Å². The SMILES string of the molecule is CSCC(=O)N1[C@@H]2CC[C@H]1CC(N(C)C(=O)c1cc(C)on1)C2. The van der Waals surface area contributed by atoms with Crippen LogP contribution in [0.3, 0.4) is 0 Å². The lowest BCUT2D eigenvalue weighted by Crippen LogP contribution is -2.53. The minimum absolute atomic E-state index is 0.102. The van der Waals surface area contributed by atoms with Crippen LogP contribution in [0.25, 0.3) is 0 Å². The third kappa shape index (κ3) is 3.11. The highest BCUT2D eigenvalue weighted by Crippen LogP contribution is 2.38. The van der Waals surface area contributed by atoms with Crippen LogP contribution in [0.5, 0.6) is 0 Å². The van der Waals surface area contributed by atoms with E-state index in [1.165, 1.54) is 0 Å². The smallest absolute Gasteiger partial charge is 0.276 e. The summed E-state index contributed by atoms with van der Waals surface area (Å²) in [4.78, 5) is 28.7. The number of rotatable bonds is 4. The Bertz CT molecular complexity index is 589. The molecular formula is C16H23N3O3S. The quantitative estimate of drug-likeness (QED) is 0.840. The predicted molar refractivity (Wildman–Crippen MR) is 88.4 cm³/mol. The summed E-state index contributed by atoms with van der Waals surface area (Å²) in [6.45, 7) is 1.78. The van der Waals surface area contributed by atoms with Gasteiger partial charge in [-0.1, -0.05) is 5.16 Å². The lowest BCUT2D eigenvalue weighted by Gasteiger charge is -2.42. The number of nitrogens with zero attached hydrogens (tertiary/aromatic N) is 3. The van der Waals surface area contributed by atoms with Crippen molar-refractivity contribution in [3.05, 3.63) is 17.5 Å². The first-order chi connectivity index (χ1) is 11.0. The number of thioether (sulfide) groups is 1. The molecule has 0 spiro atoms. The Balaban J connectivity index is 1.68. The summed E-state index contributed by atoms with van der Waals surface area (Å²) < 4.78 is 5.00. The summed E-state index contributed by atoms with van der Waals surface area (Å²) in [6.07, 6.45) is 5.77. The van der Waals surface area contributed by atoms with E-state index < -0.39 is 0 Å². The van der Waals surface area contributed by atoms with Crippen molar-refractivity contribution in [1.29, 1.82) is 0 Å². The maximum Gasteiger partial charge on any atom is 0.276 e. The topological polar surface area (TPSA) is 66.7 Å². The van der Waals surface area contributed by atoms with E-state index in [9.17, 15) is 9.59 Å². The molecule has 126 valence electrons. The second kappa shape index (κ2) is 6.55. The van der Waals surface area contributed by atoms with Gasteiger partial charge in [0.1, 0.15) is 5.76 Å². The largest absolute Gasteiger partial charge is 0.361 e. The Morgan fingerprint density at radius 1 is 1.39 bits per heavy atom. The van der Waals surface area contributed by atoms with E-state index in [1.807, 2.05) is 13.3 Å². The average Bonchev–Trinajstić information content (AvgIpc) is 3.07. The summed E-state index contributed by atoms with van der Waals surface area (Å²) in [5.41, 5.74) is 0.359. The van der Waals surface area contributed by atoms with E-state index in [-0.39, 0.29) is 29.9 Å². The van der Waals surface area contributed by atoms with Crippen molar-refractivity contribution >= 4 is 23.6 Å². The highest BCUT2D eigenvalue weighted by molar-refractivity contribution is 7.99. The molecule has 1 aromatic heterocycles. The maximum atomic E-state index is 12.5. The normalized spacial score (nSPS) is 26.4. The summed E-state index contributed by atoms with van der Waals surface area (Å²) in [5, 5.41) is 3.82. The highest BCUT2D eigenvalue weighted by Gasteiger charge is 2.44. The van der Waals surface area contributed by atoms with Gasteiger partial charge >= 0.3 is 0 Å². The minimum atomic E-state index is -0.102. The number of aryl methyl sites for hydroxylation is 1. The zero-order valence-electron chi connectivity index (χ0n) is 13.8. The second-order valence-corrected chi connectivity index (χ2v) is 7.35. The third-order valence-electron chi connectivity index (χ3n) is 4.98. The molecule has 2 amide bonds. The molecule has 0 aromatic carbocycles. The van der Waals surface area contributed by atoms with Crippen molar-refractivity contribution < 1.29 is 14.1 Å². The van der Waals surface area contributed by atoms with Crippen LogP contribution in [-0.4, -0.2) is 64.0 Å². The van der Waals surface area contributed by atoms with Crippen molar-refractivity contribution in [3.63, 3.8) is 0 Å². The lowest BCUT2D eigenvalue weighted by atomic mass is 9.96. The fourth-order valence-electron chi connectivity index (χ4n) is 3.88. The average molecular weight is 337 g/mol. The van der Waals surface area contributed by atoms with Crippen molar-refractivity contribution in [2.75, 3.05) is 19.1 Å². The van der Waals surface area contributed by atoms with Gasteiger partial charge in [-0.05, 0) is 38.9 Å². The number of hydrogen-bond donors (Lipinski definition) is 0. The number of piperidine rings is 1. The molecule has 2 saturated heterocycles. The summed E-state index contributed by atoms with van der Waals surface area (Å²) >= 11 is 1.57. The molecule has 7 heteroatoms.